The molecule has 1 atom stereocenters. The van der Waals surface area contributed by atoms with Gasteiger partial charge in [0.2, 0.25) is 0 Å². The summed E-state index contributed by atoms with van der Waals surface area (Å²) in [6.45, 7) is 3.28. The lowest BCUT2D eigenvalue weighted by molar-refractivity contribution is 0.238. The lowest BCUT2D eigenvalue weighted by atomic mass is 10.1. The molecular formula is C15H22N2O. The van der Waals surface area contributed by atoms with E-state index in [1.54, 1.807) is 6.07 Å². The summed E-state index contributed by atoms with van der Waals surface area (Å²) >= 11 is 0. The normalized spacial score (nSPS) is 24.6. The zero-order valence-electron chi connectivity index (χ0n) is 10.8. The number of nitrogens with zero attached hydrogens (tertiary/aromatic N) is 1. The van der Waals surface area contributed by atoms with Crippen molar-refractivity contribution < 1.29 is 5.11 Å². The molecule has 1 aromatic rings. The molecule has 98 valence electrons. The number of hydrogen-bond donors (Lipinski definition) is 2. The van der Waals surface area contributed by atoms with Crippen molar-refractivity contribution in [2.24, 2.45) is 0 Å². The SMILES string of the molecule is Oc1cccc(CN2CCCC2CNC2CC2)c1. The Bertz CT molecular complexity index is 403. The number of phenolic OH excluding ortho intramolecular Hbond substituents is 1. The van der Waals surface area contributed by atoms with Crippen LogP contribution in [0, 0.1) is 0 Å². The highest BCUT2D eigenvalue weighted by Gasteiger charge is 2.27. The first-order valence-corrected chi connectivity index (χ1v) is 7.06. The van der Waals surface area contributed by atoms with Gasteiger partial charge in [-0.1, -0.05) is 12.1 Å². The molecule has 0 aromatic heterocycles. The van der Waals surface area contributed by atoms with Gasteiger partial charge in [0.05, 0.1) is 0 Å². The van der Waals surface area contributed by atoms with E-state index < -0.39 is 0 Å². The number of benzene rings is 1. The first-order chi connectivity index (χ1) is 8.81. The number of likely N-dealkylation sites (tertiary alicyclic amines) is 1. The predicted octanol–water partition coefficient (Wildman–Crippen LogP) is 2.11. The second-order valence-electron chi connectivity index (χ2n) is 5.62. The van der Waals surface area contributed by atoms with E-state index in [1.165, 1.54) is 37.8 Å². The predicted molar refractivity (Wildman–Crippen MR) is 72.6 cm³/mol. The molecule has 2 aliphatic rings. The van der Waals surface area contributed by atoms with E-state index in [0.29, 0.717) is 11.8 Å². The number of aromatic hydroxyl groups is 1. The molecule has 1 aromatic carbocycles. The number of nitrogens with one attached hydrogen (secondary N) is 1. The number of phenols is 1. The first-order valence-electron chi connectivity index (χ1n) is 7.06. The van der Waals surface area contributed by atoms with Crippen molar-refractivity contribution in [2.45, 2.75) is 44.3 Å². The average Bonchev–Trinajstić information content (AvgIpc) is 3.08. The molecule has 0 spiro atoms. The summed E-state index contributed by atoms with van der Waals surface area (Å²) in [5, 5.41) is 13.1. The number of rotatable bonds is 5. The van der Waals surface area contributed by atoms with Gasteiger partial charge in [0.15, 0.2) is 0 Å². The van der Waals surface area contributed by atoms with Crippen LogP contribution in [0.15, 0.2) is 24.3 Å². The molecule has 2 N–H and O–H groups in total. The Morgan fingerprint density at radius 1 is 1.28 bits per heavy atom. The van der Waals surface area contributed by atoms with Crippen LogP contribution in [0.4, 0.5) is 0 Å². The van der Waals surface area contributed by atoms with Gasteiger partial charge >= 0.3 is 0 Å². The van der Waals surface area contributed by atoms with Crippen LogP contribution in [0.25, 0.3) is 0 Å². The summed E-state index contributed by atoms with van der Waals surface area (Å²) in [6.07, 6.45) is 5.33. The van der Waals surface area contributed by atoms with E-state index in [9.17, 15) is 5.11 Å². The highest BCUT2D eigenvalue weighted by molar-refractivity contribution is 5.27. The van der Waals surface area contributed by atoms with Gasteiger partial charge in [-0.3, -0.25) is 4.90 Å². The summed E-state index contributed by atoms with van der Waals surface area (Å²) in [5.41, 5.74) is 1.22. The number of hydrogen-bond acceptors (Lipinski definition) is 3. The maximum Gasteiger partial charge on any atom is 0.115 e. The molecular weight excluding hydrogens is 224 g/mol. The molecule has 18 heavy (non-hydrogen) atoms. The lowest BCUT2D eigenvalue weighted by Crippen LogP contribution is -2.38. The fourth-order valence-corrected chi connectivity index (χ4v) is 2.81. The average molecular weight is 246 g/mol. The van der Waals surface area contributed by atoms with Gasteiger partial charge in [-0.25, -0.2) is 0 Å². The topological polar surface area (TPSA) is 35.5 Å². The Balaban J connectivity index is 1.56. The fraction of sp³-hybridized carbons (Fsp3) is 0.600. The van der Waals surface area contributed by atoms with Crippen molar-refractivity contribution >= 4 is 0 Å². The molecule has 0 radical (unpaired) electrons. The van der Waals surface area contributed by atoms with E-state index in [4.69, 9.17) is 0 Å². The fourth-order valence-electron chi connectivity index (χ4n) is 2.81. The molecule has 0 bridgehead atoms. The molecule has 2 fully saturated rings. The Kier molecular flexibility index (Phi) is 3.52. The molecule has 1 aliphatic heterocycles. The smallest absolute Gasteiger partial charge is 0.115 e. The highest BCUT2D eigenvalue weighted by atomic mass is 16.3. The van der Waals surface area contributed by atoms with Crippen LogP contribution in [0.3, 0.4) is 0 Å². The minimum absolute atomic E-state index is 0.374. The third-order valence-corrected chi connectivity index (χ3v) is 4.01. The zero-order valence-corrected chi connectivity index (χ0v) is 10.8. The molecule has 1 saturated heterocycles. The third-order valence-electron chi connectivity index (χ3n) is 4.01. The van der Waals surface area contributed by atoms with Crippen molar-refractivity contribution in [2.75, 3.05) is 13.1 Å². The Labute approximate surface area is 109 Å². The van der Waals surface area contributed by atoms with E-state index in [0.717, 1.165) is 19.1 Å². The lowest BCUT2D eigenvalue weighted by Gasteiger charge is -2.25. The molecule has 1 unspecified atom stereocenters. The highest BCUT2D eigenvalue weighted by Crippen LogP contribution is 2.23. The second kappa shape index (κ2) is 5.29. The van der Waals surface area contributed by atoms with E-state index in [2.05, 4.69) is 16.3 Å². The van der Waals surface area contributed by atoms with Crippen LogP contribution in [-0.4, -0.2) is 35.2 Å². The summed E-state index contributed by atoms with van der Waals surface area (Å²) in [7, 11) is 0. The zero-order chi connectivity index (χ0) is 12.4. The molecule has 1 heterocycles. The second-order valence-corrected chi connectivity index (χ2v) is 5.62. The van der Waals surface area contributed by atoms with Gasteiger partial charge in [0.1, 0.15) is 5.75 Å². The summed E-state index contributed by atoms with van der Waals surface area (Å²) in [6, 6.07) is 9.12. The van der Waals surface area contributed by atoms with Crippen LogP contribution in [0.2, 0.25) is 0 Å². The Morgan fingerprint density at radius 2 is 2.17 bits per heavy atom. The Morgan fingerprint density at radius 3 is 2.94 bits per heavy atom. The van der Waals surface area contributed by atoms with Crippen LogP contribution in [-0.2, 0) is 6.54 Å². The van der Waals surface area contributed by atoms with Crippen LogP contribution in [0.1, 0.15) is 31.2 Å². The maximum atomic E-state index is 9.51. The molecule has 1 saturated carbocycles. The van der Waals surface area contributed by atoms with Gasteiger partial charge in [-0.05, 0) is 49.9 Å². The minimum atomic E-state index is 0.374. The monoisotopic (exact) mass is 246 g/mol. The van der Waals surface area contributed by atoms with Crippen LogP contribution >= 0.6 is 0 Å². The van der Waals surface area contributed by atoms with E-state index in [-0.39, 0.29) is 0 Å². The summed E-state index contributed by atoms with van der Waals surface area (Å²) < 4.78 is 0. The molecule has 1 aliphatic carbocycles. The summed E-state index contributed by atoms with van der Waals surface area (Å²) in [5.74, 6) is 0.374. The first kappa shape index (κ1) is 12.0. The van der Waals surface area contributed by atoms with Crippen LogP contribution < -0.4 is 5.32 Å². The molecule has 0 amide bonds. The van der Waals surface area contributed by atoms with Crippen LogP contribution in [0.5, 0.6) is 5.75 Å². The Hall–Kier alpha value is -1.06. The maximum absolute atomic E-state index is 9.51. The van der Waals surface area contributed by atoms with Crippen molar-refractivity contribution in [3.63, 3.8) is 0 Å². The standard InChI is InChI=1S/C15H22N2O/c18-15-5-1-3-12(9-15)11-17-8-2-4-14(17)10-16-13-6-7-13/h1,3,5,9,13-14,16,18H,2,4,6-8,10-11H2. The quantitative estimate of drug-likeness (QED) is 0.835. The largest absolute Gasteiger partial charge is 0.508 e. The van der Waals surface area contributed by atoms with Gasteiger partial charge in [0, 0.05) is 25.2 Å². The third kappa shape index (κ3) is 3.03. The van der Waals surface area contributed by atoms with E-state index >= 15 is 0 Å². The van der Waals surface area contributed by atoms with Gasteiger partial charge in [-0.15, -0.1) is 0 Å². The van der Waals surface area contributed by atoms with Crippen molar-refractivity contribution in [1.82, 2.24) is 10.2 Å². The molecule has 3 heteroatoms. The van der Waals surface area contributed by atoms with Crippen molar-refractivity contribution in [1.29, 1.82) is 0 Å². The molecule has 3 rings (SSSR count). The van der Waals surface area contributed by atoms with Gasteiger partial charge in [0.25, 0.3) is 0 Å². The summed E-state index contributed by atoms with van der Waals surface area (Å²) in [4.78, 5) is 2.55. The minimum Gasteiger partial charge on any atom is -0.508 e. The van der Waals surface area contributed by atoms with Gasteiger partial charge in [-0.2, -0.15) is 0 Å². The van der Waals surface area contributed by atoms with Crippen molar-refractivity contribution in [3.8, 4) is 5.75 Å². The van der Waals surface area contributed by atoms with Gasteiger partial charge < -0.3 is 10.4 Å². The molecule has 3 nitrogen and oxygen atoms in total. The van der Waals surface area contributed by atoms with Crippen molar-refractivity contribution in [3.05, 3.63) is 29.8 Å². The van der Waals surface area contributed by atoms with E-state index in [1.807, 2.05) is 12.1 Å².